The molecule has 0 saturated heterocycles. The molecule has 1 aliphatic heterocycles. The van der Waals surface area contributed by atoms with Gasteiger partial charge in [0.25, 0.3) is 0 Å². The molecule has 10 rings (SSSR count). The van der Waals surface area contributed by atoms with Gasteiger partial charge in [-0.2, -0.15) is 12.1 Å². The third-order valence-corrected chi connectivity index (χ3v) is 12.3. The first kappa shape index (κ1) is 42.9. The number of fused-ring (bicyclic) bond motifs is 4. The van der Waals surface area contributed by atoms with Crippen LogP contribution in [0.15, 0.2) is 158 Å². The summed E-state index contributed by atoms with van der Waals surface area (Å²) in [6, 6.07) is 60.9. The molecule has 0 N–H and O–H groups in total. The maximum absolute atomic E-state index is 6.64. The molecule has 7 aromatic carbocycles. The molecule has 0 amide bonds. The molecular formula is C58H51N4OPt-3. The van der Waals surface area contributed by atoms with E-state index < -0.39 is 0 Å². The van der Waals surface area contributed by atoms with E-state index in [9.17, 15) is 0 Å². The minimum Gasteiger partial charge on any atom is -0.509 e. The molecule has 0 bridgehead atoms. The van der Waals surface area contributed by atoms with E-state index in [-0.39, 0.29) is 31.9 Å². The number of para-hydroxylation sites is 3. The van der Waals surface area contributed by atoms with Crippen LogP contribution in [0.3, 0.4) is 0 Å². The Kier molecular flexibility index (Phi) is 11.1. The predicted octanol–water partition coefficient (Wildman–Crippen LogP) is 15.5. The quantitative estimate of drug-likeness (QED) is 0.149. The smallest absolute Gasteiger partial charge is 0.135 e. The summed E-state index contributed by atoms with van der Waals surface area (Å²) in [4.78, 5) is 9.61. The molecule has 64 heavy (non-hydrogen) atoms. The van der Waals surface area contributed by atoms with Gasteiger partial charge in [-0.25, -0.2) is 4.98 Å². The average Bonchev–Trinajstić information content (AvgIpc) is 3.82. The van der Waals surface area contributed by atoms with Crippen LogP contribution in [0.2, 0.25) is 0 Å². The first-order valence-corrected chi connectivity index (χ1v) is 21.8. The number of hydrogen-bond donors (Lipinski definition) is 0. The maximum atomic E-state index is 6.64. The summed E-state index contributed by atoms with van der Waals surface area (Å²) in [5.41, 5.74) is 15.9. The predicted molar refractivity (Wildman–Crippen MR) is 262 cm³/mol. The van der Waals surface area contributed by atoms with Crippen LogP contribution in [0.1, 0.15) is 63.8 Å². The molecule has 6 heteroatoms. The second kappa shape index (κ2) is 16.6. The molecule has 0 fully saturated rings. The van der Waals surface area contributed by atoms with Crippen molar-refractivity contribution in [2.45, 2.75) is 66.2 Å². The molecule has 0 aliphatic carbocycles. The Balaban J connectivity index is 0.00000518. The minimum absolute atomic E-state index is 0. The molecule has 0 saturated carbocycles. The van der Waals surface area contributed by atoms with Crippen LogP contribution in [0, 0.1) is 32.6 Å². The average molecular weight is 1020 g/mol. The van der Waals surface area contributed by atoms with Crippen LogP contribution in [0.25, 0.3) is 49.9 Å². The van der Waals surface area contributed by atoms with Crippen LogP contribution >= 0.6 is 0 Å². The van der Waals surface area contributed by atoms with Crippen molar-refractivity contribution in [3.8, 4) is 39.6 Å². The van der Waals surface area contributed by atoms with Gasteiger partial charge in [0, 0.05) is 66.9 Å². The van der Waals surface area contributed by atoms with Gasteiger partial charge in [0.1, 0.15) is 5.82 Å². The summed E-state index contributed by atoms with van der Waals surface area (Å²) in [7, 11) is 0. The van der Waals surface area contributed by atoms with Crippen molar-refractivity contribution in [1.29, 1.82) is 0 Å². The topological polar surface area (TPSA) is 33.5 Å². The zero-order valence-corrected chi connectivity index (χ0v) is 39.9. The number of ether oxygens (including phenoxy) is 1. The van der Waals surface area contributed by atoms with E-state index in [4.69, 9.17) is 9.72 Å². The number of pyridine rings is 1. The molecule has 0 radical (unpaired) electrons. The van der Waals surface area contributed by atoms with E-state index in [0.717, 1.165) is 61.5 Å². The van der Waals surface area contributed by atoms with Gasteiger partial charge in [0.2, 0.25) is 0 Å². The summed E-state index contributed by atoms with van der Waals surface area (Å²) < 4.78 is 8.83. The minimum atomic E-state index is -0.00134. The standard InChI is InChI=1S/C58H51N4O.Pt/c1-38-29-41(40-17-10-9-11-18-40)25-27-48(38)51-36-59-56(30-39(51)2)62-52-22-13-12-21-49(52)50-28-26-47(35-55(50)62)63-46-20-16-19-44(34-46)60-37-61(54-24-15-14-23-53(54)60)45-32-42(57(3,4)5)31-43(33-45)58(6,7)8;/h9-33,36-37H,1-8H3;/q-3;. The van der Waals surface area contributed by atoms with Crippen molar-refractivity contribution in [1.82, 2.24) is 9.55 Å². The number of anilines is 4. The second-order valence-electron chi connectivity index (χ2n) is 18.8. The van der Waals surface area contributed by atoms with Crippen LogP contribution < -0.4 is 14.5 Å². The van der Waals surface area contributed by atoms with Gasteiger partial charge in [-0.1, -0.05) is 132 Å². The van der Waals surface area contributed by atoms with E-state index in [2.05, 4.69) is 222 Å². The van der Waals surface area contributed by atoms with Gasteiger partial charge in [0.05, 0.1) is 0 Å². The Morgan fingerprint density at radius 3 is 1.91 bits per heavy atom. The fourth-order valence-corrected chi connectivity index (χ4v) is 8.77. The third-order valence-electron chi connectivity index (χ3n) is 12.3. The summed E-state index contributed by atoms with van der Waals surface area (Å²) in [5.74, 6) is 2.04. The number of aromatic nitrogens is 2. The van der Waals surface area contributed by atoms with Crippen molar-refractivity contribution in [2.24, 2.45) is 0 Å². The zero-order chi connectivity index (χ0) is 43.6. The normalized spacial score (nSPS) is 12.8. The summed E-state index contributed by atoms with van der Waals surface area (Å²) >= 11 is 0. The first-order chi connectivity index (χ1) is 30.3. The zero-order valence-electron chi connectivity index (χ0n) is 37.6. The van der Waals surface area contributed by atoms with Gasteiger partial charge in [-0.15, -0.1) is 48.1 Å². The Morgan fingerprint density at radius 2 is 1.20 bits per heavy atom. The molecule has 0 spiro atoms. The Labute approximate surface area is 392 Å². The van der Waals surface area contributed by atoms with E-state index in [1.54, 1.807) is 0 Å². The van der Waals surface area contributed by atoms with Crippen molar-refractivity contribution in [3.05, 3.63) is 199 Å². The van der Waals surface area contributed by atoms with Crippen molar-refractivity contribution in [2.75, 3.05) is 9.80 Å². The number of rotatable bonds is 7. The Hall–Kier alpha value is -6.42. The number of aryl methyl sites for hydroxylation is 2. The van der Waals surface area contributed by atoms with E-state index in [1.165, 1.54) is 33.4 Å². The van der Waals surface area contributed by atoms with Crippen molar-refractivity contribution >= 4 is 44.6 Å². The molecule has 5 nitrogen and oxygen atoms in total. The third kappa shape index (κ3) is 7.92. The maximum Gasteiger partial charge on any atom is 0.135 e. The van der Waals surface area contributed by atoms with E-state index in [1.807, 2.05) is 24.4 Å². The molecular weight excluding hydrogens is 964 g/mol. The monoisotopic (exact) mass is 1010 g/mol. The van der Waals surface area contributed by atoms with Gasteiger partial charge in [-0.3, -0.25) is 0 Å². The molecule has 0 atom stereocenters. The van der Waals surface area contributed by atoms with Gasteiger partial charge >= 0.3 is 0 Å². The van der Waals surface area contributed by atoms with Crippen molar-refractivity contribution in [3.63, 3.8) is 0 Å². The summed E-state index contributed by atoms with van der Waals surface area (Å²) in [6.45, 7) is 20.2. The number of benzene rings is 7. The molecule has 2 aromatic heterocycles. The van der Waals surface area contributed by atoms with Crippen LogP contribution in [-0.4, -0.2) is 9.55 Å². The van der Waals surface area contributed by atoms with Crippen LogP contribution in [-0.2, 0) is 31.9 Å². The summed E-state index contributed by atoms with van der Waals surface area (Å²) in [6.07, 6.45) is 2.01. The molecule has 9 aromatic rings. The second-order valence-corrected chi connectivity index (χ2v) is 18.8. The van der Waals surface area contributed by atoms with Gasteiger partial charge in [0.15, 0.2) is 0 Å². The largest absolute Gasteiger partial charge is 0.509 e. The van der Waals surface area contributed by atoms with E-state index in [0.29, 0.717) is 11.5 Å². The molecule has 0 unspecified atom stereocenters. The van der Waals surface area contributed by atoms with Crippen LogP contribution in [0.4, 0.5) is 22.7 Å². The molecule has 3 heterocycles. The van der Waals surface area contributed by atoms with Crippen LogP contribution in [0.5, 0.6) is 11.5 Å². The van der Waals surface area contributed by atoms with Gasteiger partial charge < -0.3 is 19.1 Å². The fraction of sp³-hybridized carbons (Fsp3) is 0.172. The molecule has 322 valence electrons. The van der Waals surface area contributed by atoms with Gasteiger partial charge in [-0.05, 0) is 105 Å². The van der Waals surface area contributed by atoms with E-state index >= 15 is 0 Å². The Morgan fingerprint density at radius 1 is 0.547 bits per heavy atom. The van der Waals surface area contributed by atoms with Crippen molar-refractivity contribution < 1.29 is 25.8 Å². The SMILES string of the molecule is Cc1cc(-c2ccccc2)ccc1-c1cnc(-n2c3[c-]c(Oc4[c-]c(N5[CH-]N(c6cc(C(C)(C)C)cc(C(C)(C)C)c6)c6ccccc65)ccc4)ccc3c3ccccc32)cc1C.[Pt]. The Bertz CT molecular complexity index is 3160. The molecule has 1 aliphatic rings. The number of hydrogen-bond acceptors (Lipinski definition) is 4. The summed E-state index contributed by atoms with van der Waals surface area (Å²) in [5, 5.41) is 2.22. The first-order valence-electron chi connectivity index (χ1n) is 21.8. The number of nitrogens with zero attached hydrogens (tertiary/aromatic N) is 4. The fourth-order valence-electron chi connectivity index (χ4n) is 8.77.